The van der Waals surface area contributed by atoms with Crippen LogP contribution in [-0.4, -0.2) is 9.78 Å². The molecule has 1 aromatic heterocycles. The Morgan fingerprint density at radius 1 is 1.38 bits per heavy atom. The molecule has 0 spiro atoms. The van der Waals surface area contributed by atoms with Crippen molar-refractivity contribution in [3.63, 3.8) is 0 Å². The van der Waals surface area contributed by atoms with Gasteiger partial charge in [0.15, 0.2) is 0 Å². The first-order valence-corrected chi connectivity index (χ1v) is 7.46. The predicted molar refractivity (Wildman–Crippen MR) is 57.9 cm³/mol. The minimum absolute atomic E-state index is 0.0484. The van der Waals surface area contributed by atoms with Gasteiger partial charge in [-0.3, -0.25) is 0 Å². The van der Waals surface area contributed by atoms with Crippen LogP contribution in [0, 0.1) is 0 Å². The third kappa shape index (κ3) is 0.975. The average molecular weight is 462 g/mol. The minimum atomic E-state index is 0.0484. The number of aromatic nitrogens is 3. The molecule has 16 heavy (non-hydrogen) atoms. The zero-order valence-corrected chi connectivity index (χ0v) is 11.5. The standard InChI is InChI=1S/C12H14N3.Lr/c1-3-7-11-13-12(15(2)14-11)10-8-5-4-6-9-10;/h4-6,8H,3,7H2,1-2H3;. The van der Waals surface area contributed by atoms with Crippen LogP contribution in [0.4, 0.5) is 0 Å². The van der Waals surface area contributed by atoms with Crippen LogP contribution < -0.4 is 11.1 Å². The summed E-state index contributed by atoms with van der Waals surface area (Å²) in [5.41, 5.74) is 1.38. The summed E-state index contributed by atoms with van der Waals surface area (Å²) in [6.07, 6.45) is 2.24. The van der Waals surface area contributed by atoms with Crippen molar-refractivity contribution in [3.8, 4) is 11.4 Å². The molecule has 0 N–H and O–H groups in total. The molecule has 0 radical (unpaired) electrons. The number of fused-ring (bicyclic) bond motifs is 3. The van der Waals surface area contributed by atoms with E-state index in [0.29, 0.717) is 0 Å². The summed E-state index contributed by atoms with van der Waals surface area (Å²) in [5, 5.41) is 4.62. The number of benzene rings is 1. The Kier molecular flexibility index (Phi) is 1.58. The second-order valence-electron chi connectivity index (χ2n) is 3.81. The van der Waals surface area contributed by atoms with Gasteiger partial charge in [0.2, 0.25) is 0 Å². The van der Waals surface area contributed by atoms with Crippen LogP contribution in [-0.2, 0) is 13.5 Å². The molecule has 92 valence electrons. The summed E-state index contributed by atoms with van der Waals surface area (Å²) in [7, 11) is 2.05. The van der Waals surface area contributed by atoms with Crippen LogP contribution in [0.1, 0.15) is 19.2 Å². The normalized spacial score (nSPS) is 11.6. The van der Waals surface area contributed by atoms with Crippen molar-refractivity contribution in [2.45, 2.75) is 19.8 Å². The Morgan fingerprint density at radius 2 is 2.19 bits per heavy atom. The van der Waals surface area contributed by atoms with Gasteiger partial charge in [-0.1, -0.05) is 0 Å². The van der Waals surface area contributed by atoms with Gasteiger partial charge < -0.3 is 0 Å². The van der Waals surface area contributed by atoms with Crippen molar-refractivity contribution >= 4 is 6.07 Å². The van der Waals surface area contributed by atoms with Gasteiger partial charge in [-0.25, -0.2) is 0 Å². The van der Waals surface area contributed by atoms with E-state index in [-0.39, 0.29) is 0 Å². The van der Waals surface area contributed by atoms with Gasteiger partial charge in [0.1, 0.15) is 0 Å². The third-order valence-corrected chi connectivity index (χ3v) is 5.53. The molecule has 0 aliphatic carbocycles. The fourth-order valence-electron chi connectivity index (χ4n) is 1.89. The molecule has 0 amide bonds. The van der Waals surface area contributed by atoms with Crippen molar-refractivity contribution in [2.24, 2.45) is 7.05 Å². The number of nitrogens with zero attached hydrogens (tertiary/aromatic N) is 3. The molecule has 1 aromatic carbocycles. The first kappa shape index (κ1) is 8.65. The predicted octanol–water partition coefficient (Wildman–Crippen LogP) is 0.814. The molecule has 3 rings (SSSR count). The maximum atomic E-state index is 4.62. The Bertz CT molecular complexity index is 545. The molecule has 2 heterocycles. The monoisotopic (exact) mass is 462 g/mol. The van der Waals surface area contributed by atoms with Crippen LogP contribution in [0.3, 0.4) is 0 Å². The van der Waals surface area contributed by atoms with Crippen LogP contribution in [0.5, 0.6) is 0 Å². The molecule has 4 heteroatoms. The molecule has 0 saturated carbocycles. The van der Waals surface area contributed by atoms with Gasteiger partial charge >= 0.3 is 89.1 Å². The molecule has 0 bridgehead atoms. The molecule has 0 atom stereocenters. The molecule has 1 aliphatic heterocycles. The summed E-state index contributed by atoms with van der Waals surface area (Å²) >= 11 is 0. The molecule has 0 fully saturated rings. The fourth-order valence-corrected chi connectivity index (χ4v) is 4.87. The van der Waals surface area contributed by atoms with E-state index in [1.54, 1.807) is 0 Å². The SMILES string of the molecule is CCCc1nn(C)c2[n+]1[Lr-][c]1ccccc1-2. The van der Waals surface area contributed by atoms with Crippen LogP contribution in [0.2, 0.25) is 0 Å². The van der Waals surface area contributed by atoms with E-state index in [0.717, 1.165) is 12.8 Å². The topological polar surface area (TPSA) is 21.7 Å². The Labute approximate surface area is 89.8 Å². The summed E-state index contributed by atoms with van der Waals surface area (Å²) in [5.74, 6) is 2.54. The zero-order valence-electron chi connectivity index (χ0n) is 9.32. The molecular weight excluding hydrogens is 448 g/mol. The van der Waals surface area contributed by atoms with Gasteiger partial charge in [0, 0.05) is 0 Å². The van der Waals surface area contributed by atoms with Crippen molar-refractivity contribution in [1.82, 2.24) is 9.78 Å². The van der Waals surface area contributed by atoms with E-state index in [9.17, 15) is 0 Å². The molecule has 0 saturated heterocycles. The maximum absolute atomic E-state index is 4.62. The Morgan fingerprint density at radius 3 is 3.00 bits per heavy atom. The van der Waals surface area contributed by atoms with Crippen molar-refractivity contribution in [2.75, 3.05) is 0 Å². The van der Waals surface area contributed by atoms with Crippen molar-refractivity contribution < 1.29 is 4.98 Å². The third-order valence-electron chi connectivity index (χ3n) is 2.58. The van der Waals surface area contributed by atoms with E-state index in [2.05, 4.69) is 48.3 Å². The van der Waals surface area contributed by atoms with Crippen LogP contribution in [0.15, 0.2) is 24.3 Å². The fraction of sp³-hybridized carbons (Fsp3) is 0.333. The van der Waals surface area contributed by atoms with Gasteiger partial charge in [-0.05, 0) is 0 Å². The first-order valence-electron chi connectivity index (χ1n) is 5.42. The zero-order chi connectivity index (χ0) is 11.1. The van der Waals surface area contributed by atoms with Gasteiger partial charge in [-0.2, -0.15) is 0 Å². The molecular formula is C12H14LrN3. The summed E-state index contributed by atoms with van der Waals surface area (Å²) < 4.78 is 2.08. The summed E-state index contributed by atoms with van der Waals surface area (Å²) in [6, 6.07) is 10.2. The molecule has 2 aromatic rings. The second-order valence-corrected chi connectivity index (χ2v) is 6.41. The van der Waals surface area contributed by atoms with E-state index < -0.39 is 0 Å². The molecule has 3 nitrogen and oxygen atoms in total. The molecule has 0 unspecified atom stereocenters. The van der Waals surface area contributed by atoms with Gasteiger partial charge in [0.25, 0.3) is 0 Å². The van der Waals surface area contributed by atoms with Crippen molar-refractivity contribution in [3.05, 3.63) is 30.1 Å². The number of hydrogen-bond acceptors (Lipinski definition) is 1. The van der Waals surface area contributed by atoms with E-state index in [1.165, 1.54) is 23.3 Å². The second kappa shape index (κ2) is 2.92. The number of aryl methyl sites for hydroxylation is 2. The number of hydrogen-bond donors (Lipinski definition) is 0. The Balaban J connectivity index is 2.18. The molecule has 1 aliphatic rings. The van der Waals surface area contributed by atoms with Gasteiger partial charge in [0.05, 0.1) is 0 Å². The summed E-state index contributed by atoms with van der Waals surface area (Å²) in [4.78, 5) is 2.44. The van der Waals surface area contributed by atoms with E-state index in [4.69, 9.17) is 0 Å². The Hall–Kier alpha value is -2.64. The quantitative estimate of drug-likeness (QED) is 0.553. The first-order chi connectivity index (χ1) is 7.81. The van der Waals surface area contributed by atoms with Crippen LogP contribution >= 0.6 is 0 Å². The van der Waals surface area contributed by atoms with Gasteiger partial charge in [-0.15, -0.1) is 0 Å². The van der Waals surface area contributed by atoms with E-state index in [1.807, 2.05) is 4.68 Å². The van der Waals surface area contributed by atoms with E-state index >= 15 is 0 Å². The summed E-state index contributed by atoms with van der Waals surface area (Å²) in [6.45, 7) is 2.21. The van der Waals surface area contributed by atoms with Crippen molar-refractivity contribution in [1.29, 1.82) is 0 Å². The van der Waals surface area contributed by atoms with Crippen LogP contribution in [0.25, 0.3) is 11.4 Å². The number of rotatable bonds is 2. The average Bonchev–Trinajstić information content (AvgIpc) is 2.79.